The van der Waals surface area contributed by atoms with E-state index in [-0.39, 0.29) is 18.6 Å². The maximum Gasteiger partial charge on any atom is 0.329 e. The molecule has 1 atom stereocenters. The van der Waals surface area contributed by atoms with Crippen LogP contribution in [0.1, 0.15) is 25.3 Å². The van der Waals surface area contributed by atoms with E-state index in [4.69, 9.17) is 14.2 Å². The molecule has 0 bridgehead atoms. The van der Waals surface area contributed by atoms with Crippen molar-refractivity contribution in [2.24, 2.45) is 5.10 Å². The van der Waals surface area contributed by atoms with E-state index in [9.17, 15) is 14.4 Å². The van der Waals surface area contributed by atoms with Crippen molar-refractivity contribution in [3.05, 3.63) is 54.1 Å². The second kappa shape index (κ2) is 12.9. The molecule has 1 saturated heterocycles. The molecule has 0 aliphatic carbocycles. The number of nitrogens with zero attached hydrogens (tertiary/aromatic N) is 1. The van der Waals surface area contributed by atoms with Gasteiger partial charge in [-0.25, -0.2) is 5.43 Å². The zero-order chi connectivity index (χ0) is 24.2. The van der Waals surface area contributed by atoms with E-state index in [0.29, 0.717) is 36.8 Å². The van der Waals surface area contributed by atoms with E-state index >= 15 is 0 Å². The molecule has 0 unspecified atom stereocenters. The van der Waals surface area contributed by atoms with Crippen LogP contribution in [0.15, 0.2) is 53.6 Å². The van der Waals surface area contributed by atoms with Gasteiger partial charge in [0.05, 0.1) is 18.9 Å². The van der Waals surface area contributed by atoms with Gasteiger partial charge in [-0.3, -0.25) is 14.4 Å². The molecule has 10 heteroatoms. The number of benzene rings is 2. The summed E-state index contributed by atoms with van der Waals surface area (Å²) in [5, 5.41) is 9.06. The van der Waals surface area contributed by atoms with Crippen LogP contribution >= 0.6 is 0 Å². The lowest BCUT2D eigenvalue weighted by molar-refractivity contribution is -0.139. The van der Waals surface area contributed by atoms with Gasteiger partial charge in [-0.05, 0) is 61.7 Å². The maximum atomic E-state index is 12.1. The summed E-state index contributed by atoms with van der Waals surface area (Å²) >= 11 is 0. The Morgan fingerprint density at radius 3 is 2.65 bits per heavy atom. The van der Waals surface area contributed by atoms with Gasteiger partial charge in [-0.2, -0.15) is 5.10 Å². The lowest BCUT2D eigenvalue weighted by Gasteiger charge is -2.09. The lowest BCUT2D eigenvalue weighted by Crippen LogP contribution is -2.41. The van der Waals surface area contributed by atoms with Crippen molar-refractivity contribution in [2.45, 2.75) is 25.9 Å². The average Bonchev–Trinajstić information content (AvgIpc) is 3.37. The Morgan fingerprint density at radius 2 is 1.91 bits per heavy atom. The highest BCUT2D eigenvalue weighted by Gasteiger charge is 2.18. The number of anilines is 1. The van der Waals surface area contributed by atoms with Gasteiger partial charge in [0.2, 0.25) is 0 Å². The number of hydrazone groups is 1. The Labute approximate surface area is 197 Å². The smallest absolute Gasteiger partial charge is 0.329 e. The van der Waals surface area contributed by atoms with Crippen molar-refractivity contribution in [2.75, 3.05) is 31.7 Å². The lowest BCUT2D eigenvalue weighted by atomic mass is 10.2. The van der Waals surface area contributed by atoms with Crippen molar-refractivity contribution >= 4 is 29.6 Å². The van der Waals surface area contributed by atoms with Gasteiger partial charge >= 0.3 is 11.8 Å². The molecule has 1 aliphatic rings. The van der Waals surface area contributed by atoms with Crippen LogP contribution in [0, 0.1) is 0 Å². The van der Waals surface area contributed by atoms with Crippen LogP contribution in [-0.2, 0) is 19.1 Å². The van der Waals surface area contributed by atoms with Crippen LogP contribution in [0.2, 0.25) is 0 Å². The van der Waals surface area contributed by atoms with E-state index < -0.39 is 11.8 Å². The maximum absolute atomic E-state index is 12.1. The van der Waals surface area contributed by atoms with Gasteiger partial charge in [0.25, 0.3) is 5.91 Å². The second-order valence-corrected chi connectivity index (χ2v) is 7.41. The highest BCUT2D eigenvalue weighted by Crippen LogP contribution is 2.16. The first kappa shape index (κ1) is 24.7. The Hall–Kier alpha value is -3.92. The monoisotopic (exact) mass is 468 g/mol. The number of carbonyl (C=O) groups is 3. The summed E-state index contributed by atoms with van der Waals surface area (Å²) in [6.07, 6.45) is 3.14. The number of ether oxygens (including phenoxy) is 3. The van der Waals surface area contributed by atoms with Crippen LogP contribution in [0.5, 0.6) is 11.5 Å². The Bertz CT molecular complexity index is 1000. The molecular weight excluding hydrogens is 440 g/mol. The largest absolute Gasteiger partial charge is 0.494 e. The summed E-state index contributed by atoms with van der Waals surface area (Å²) in [6.45, 7) is 3.25. The summed E-state index contributed by atoms with van der Waals surface area (Å²) in [7, 11) is 0. The van der Waals surface area contributed by atoms with Crippen LogP contribution in [-0.4, -0.2) is 56.4 Å². The minimum Gasteiger partial charge on any atom is -0.494 e. The summed E-state index contributed by atoms with van der Waals surface area (Å²) in [5.74, 6) is -0.780. The fourth-order valence-electron chi connectivity index (χ4n) is 3.14. The average molecular weight is 469 g/mol. The zero-order valence-corrected chi connectivity index (χ0v) is 18.9. The molecule has 3 amide bonds. The van der Waals surface area contributed by atoms with Gasteiger partial charge in [-0.1, -0.05) is 12.1 Å². The molecule has 0 aromatic heterocycles. The molecule has 34 heavy (non-hydrogen) atoms. The number of carbonyl (C=O) groups excluding carboxylic acids is 3. The zero-order valence-electron chi connectivity index (χ0n) is 18.9. The number of amides is 3. The van der Waals surface area contributed by atoms with Gasteiger partial charge in [0.1, 0.15) is 11.5 Å². The third-order valence-corrected chi connectivity index (χ3v) is 4.78. The normalized spacial score (nSPS) is 15.0. The first-order valence-corrected chi connectivity index (χ1v) is 11.0. The number of nitrogens with one attached hydrogen (secondary N) is 3. The van der Waals surface area contributed by atoms with Crippen molar-refractivity contribution < 1.29 is 28.6 Å². The Morgan fingerprint density at radius 1 is 1.09 bits per heavy atom. The minimum atomic E-state index is -0.868. The van der Waals surface area contributed by atoms with E-state index in [1.54, 1.807) is 48.5 Å². The molecular formula is C24H28N4O6. The molecule has 0 spiro atoms. The molecule has 3 N–H and O–H groups in total. The topological polar surface area (TPSA) is 127 Å². The molecule has 180 valence electrons. The van der Waals surface area contributed by atoms with Crippen LogP contribution < -0.4 is 25.5 Å². The van der Waals surface area contributed by atoms with E-state index in [1.165, 1.54) is 6.21 Å². The summed E-state index contributed by atoms with van der Waals surface area (Å²) in [6, 6.07) is 13.8. The third kappa shape index (κ3) is 8.21. The number of hydrogen-bond donors (Lipinski definition) is 3. The van der Waals surface area contributed by atoms with E-state index in [2.05, 4.69) is 21.2 Å². The Balaban J connectivity index is 1.41. The van der Waals surface area contributed by atoms with Crippen molar-refractivity contribution in [1.82, 2.24) is 10.7 Å². The molecule has 3 rings (SSSR count). The standard InChI is InChI=1S/C24H28N4O6/c1-2-32-19-10-8-18(9-11-19)27-22(29)16-34-20-6-3-5-17(13-20)14-26-28-24(31)23(30)25-15-21-7-4-12-33-21/h3,5-6,8-11,13-14,21H,2,4,7,12,15-16H2,1H3,(H,25,30)(H,27,29)(H,28,31)/b26-14-/t21-/m0/s1. The summed E-state index contributed by atoms with van der Waals surface area (Å²) in [5.41, 5.74) is 3.43. The van der Waals surface area contributed by atoms with Gasteiger partial charge in [0, 0.05) is 18.8 Å². The molecule has 2 aromatic rings. The summed E-state index contributed by atoms with van der Waals surface area (Å²) < 4.78 is 16.3. The van der Waals surface area contributed by atoms with Gasteiger partial charge in [-0.15, -0.1) is 0 Å². The highest BCUT2D eigenvalue weighted by atomic mass is 16.5. The van der Waals surface area contributed by atoms with Crippen LogP contribution in [0.3, 0.4) is 0 Å². The fourth-order valence-corrected chi connectivity index (χ4v) is 3.14. The molecule has 2 aromatic carbocycles. The third-order valence-electron chi connectivity index (χ3n) is 4.78. The van der Waals surface area contributed by atoms with Gasteiger partial charge in [0.15, 0.2) is 6.61 Å². The Kier molecular flexibility index (Phi) is 9.41. The summed E-state index contributed by atoms with van der Waals surface area (Å²) in [4.78, 5) is 35.8. The number of hydrogen-bond acceptors (Lipinski definition) is 7. The molecule has 1 aliphatic heterocycles. The van der Waals surface area contributed by atoms with Crippen LogP contribution in [0.25, 0.3) is 0 Å². The fraction of sp³-hybridized carbons (Fsp3) is 0.333. The van der Waals surface area contributed by atoms with Gasteiger partial charge < -0.3 is 24.8 Å². The number of rotatable bonds is 10. The molecule has 10 nitrogen and oxygen atoms in total. The van der Waals surface area contributed by atoms with Crippen molar-refractivity contribution in [3.63, 3.8) is 0 Å². The predicted octanol–water partition coefficient (Wildman–Crippen LogP) is 1.85. The molecule has 0 radical (unpaired) electrons. The quantitative estimate of drug-likeness (QED) is 0.277. The van der Waals surface area contributed by atoms with E-state index in [1.807, 2.05) is 6.92 Å². The van der Waals surface area contributed by atoms with Crippen molar-refractivity contribution in [1.29, 1.82) is 0 Å². The minimum absolute atomic E-state index is 0.0500. The predicted molar refractivity (Wildman–Crippen MR) is 126 cm³/mol. The first-order chi connectivity index (χ1) is 16.5. The van der Waals surface area contributed by atoms with Crippen LogP contribution in [0.4, 0.5) is 5.69 Å². The highest BCUT2D eigenvalue weighted by molar-refractivity contribution is 6.35. The molecule has 1 heterocycles. The molecule has 1 fully saturated rings. The molecule has 0 saturated carbocycles. The first-order valence-electron chi connectivity index (χ1n) is 11.0. The SMILES string of the molecule is CCOc1ccc(NC(=O)COc2cccc(/C=N\NC(=O)C(=O)NC[C@@H]3CCCO3)c2)cc1. The van der Waals surface area contributed by atoms with E-state index in [0.717, 1.165) is 18.6 Å². The van der Waals surface area contributed by atoms with Crippen molar-refractivity contribution in [3.8, 4) is 11.5 Å². The second-order valence-electron chi connectivity index (χ2n) is 7.41.